The molecule has 1 aliphatic rings. The van der Waals surface area contributed by atoms with Crippen molar-refractivity contribution < 1.29 is 14.6 Å². The molecule has 2 rings (SSSR count). The molecule has 1 atom stereocenters. The molecule has 1 fully saturated rings. The molecular formula is C12H15NO3. The van der Waals surface area contributed by atoms with Gasteiger partial charge in [0.25, 0.3) is 0 Å². The molecule has 1 aromatic carbocycles. The van der Waals surface area contributed by atoms with Gasteiger partial charge in [-0.25, -0.2) is 4.79 Å². The van der Waals surface area contributed by atoms with E-state index in [0.717, 1.165) is 12.0 Å². The third kappa shape index (κ3) is 2.17. The Hall–Kier alpha value is -1.55. The number of carbonyl (C=O) groups excluding carboxylic acids is 1. The number of nitrogens with zero attached hydrogens (tertiary/aromatic N) is 1. The van der Waals surface area contributed by atoms with Crippen LogP contribution >= 0.6 is 0 Å². The van der Waals surface area contributed by atoms with E-state index in [1.54, 1.807) is 4.90 Å². The summed E-state index contributed by atoms with van der Waals surface area (Å²) in [5, 5.41) is 9.40. The van der Waals surface area contributed by atoms with Crippen LogP contribution in [-0.4, -0.2) is 35.9 Å². The van der Waals surface area contributed by atoms with Crippen LogP contribution in [0.1, 0.15) is 18.0 Å². The average Bonchev–Trinajstić information content (AvgIpc) is 2.34. The Balaban J connectivity index is 2.18. The summed E-state index contributed by atoms with van der Waals surface area (Å²) in [6.07, 6.45) is 0.476. The number of cyclic esters (lactones) is 1. The fraction of sp³-hybridized carbons (Fsp3) is 0.417. The first-order valence-electron chi connectivity index (χ1n) is 5.42. The monoisotopic (exact) mass is 221 g/mol. The summed E-state index contributed by atoms with van der Waals surface area (Å²) in [5.41, 5.74) is 0.934. The maximum Gasteiger partial charge on any atom is 0.410 e. The number of ether oxygens (including phenoxy) is 1. The Morgan fingerprint density at radius 3 is 2.75 bits per heavy atom. The van der Waals surface area contributed by atoms with E-state index in [2.05, 4.69) is 0 Å². The number of hydrogen-bond donors (Lipinski definition) is 1. The highest BCUT2D eigenvalue weighted by molar-refractivity contribution is 5.69. The second-order valence-electron chi connectivity index (χ2n) is 3.77. The second kappa shape index (κ2) is 4.99. The first kappa shape index (κ1) is 11.0. The predicted molar refractivity (Wildman–Crippen MR) is 58.9 cm³/mol. The lowest BCUT2D eigenvalue weighted by atomic mass is 10.1. The van der Waals surface area contributed by atoms with E-state index in [9.17, 15) is 9.90 Å². The van der Waals surface area contributed by atoms with E-state index in [1.165, 1.54) is 0 Å². The first-order valence-corrected chi connectivity index (χ1v) is 5.42. The Labute approximate surface area is 94.4 Å². The summed E-state index contributed by atoms with van der Waals surface area (Å²) < 4.78 is 4.97. The molecule has 1 amide bonds. The number of benzene rings is 1. The summed E-state index contributed by atoms with van der Waals surface area (Å²) in [4.78, 5) is 13.1. The van der Waals surface area contributed by atoms with Crippen LogP contribution in [0, 0.1) is 0 Å². The van der Waals surface area contributed by atoms with Crippen LogP contribution in [0.5, 0.6) is 0 Å². The fourth-order valence-corrected chi connectivity index (χ4v) is 1.91. The molecule has 86 valence electrons. The fourth-order valence-electron chi connectivity index (χ4n) is 1.91. The summed E-state index contributed by atoms with van der Waals surface area (Å²) in [5.74, 6) is 0. The van der Waals surface area contributed by atoms with Gasteiger partial charge in [-0.3, -0.25) is 4.90 Å². The van der Waals surface area contributed by atoms with E-state index >= 15 is 0 Å². The molecule has 0 saturated carbocycles. The Morgan fingerprint density at radius 2 is 2.12 bits per heavy atom. The zero-order chi connectivity index (χ0) is 11.4. The van der Waals surface area contributed by atoms with Crippen molar-refractivity contribution in [3.05, 3.63) is 35.9 Å². The third-order valence-corrected chi connectivity index (χ3v) is 2.74. The van der Waals surface area contributed by atoms with Gasteiger partial charge in [0.15, 0.2) is 0 Å². The Morgan fingerprint density at radius 1 is 1.38 bits per heavy atom. The molecule has 4 heteroatoms. The standard InChI is InChI=1S/C12H15NO3/c14-9-11(10-5-2-1-3-6-10)13-7-4-8-16-12(13)15/h1-3,5-6,11,14H,4,7-9H2. The highest BCUT2D eigenvalue weighted by Crippen LogP contribution is 2.23. The minimum Gasteiger partial charge on any atom is -0.449 e. The molecule has 0 radical (unpaired) electrons. The molecule has 1 aromatic rings. The number of aliphatic hydroxyl groups excluding tert-OH is 1. The SMILES string of the molecule is O=C1OCCCN1C(CO)c1ccccc1. The van der Waals surface area contributed by atoms with Crippen molar-refractivity contribution in [3.63, 3.8) is 0 Å². The van der Waals surface area contributed by atoms with Gasteiger partial charge in [-0.2, -0.15) is 0 Å². The molecule has 1 unspecified atom stereocenters. The largest absolute Gasteiger partial charge is 0.449 e. The molecule has 0 bridgehead atoms. The maximum atomic E-state index is 11.6. The molecule has 4 nitrogen and oxygen atoms in total. The highest BCUT2D eigenvalue weighted by Gasteiger charge is 2.28. The van der Waals surface area contributed by atoms with Gasteiger partial charge >= 0.3 is 6.09 Å². The van der Waals surface area contributed by atoms with Crippen molar-refractivity contribution >= 4 is 6.09 Å². The molecule has 0 aromatic heterocycles. The van der Waals surface area contributed by atoms with Gasteiger partial charge in [-0.15, -0.1) is 0 Å². The van der Waals surface area contributed by atoms with Crippen LogP contribution in [-0.2, 0) is 4.74 Å². The van der Waals surface area contributed by atoms with E-state index in [-0.39, 0.29) is 18.7 Å². The van der Waals surface area contributed by atoms with E-state index in [0.29, 0.717) is 13.2 Å². The minimum atomic E-state index is -0.339. The first-order chi connectivity index (χ1) is 7.83. The Bertz CT molecular complexity index is 353. The lowest BCUT2D eigenvalue weighted by molar-refractivity contribution is 0.0400. The van der Waals surface area contributed by atoms with Crippen LogP contribution in [0.2, 0.25) is 0 Å². The smallest absolute Gasteiger partial charge is 0.410 e. The van der Waals surface area contributed by atoms with Crippen LogP contribution in [0.25, 0.3) is 0 Å². The number of carbonyl (C=O) groups is 1. The molecule has 1 saturated heterocycles. The summed E-state index contributed by atoms with van der Waals surface area (Å²) in [6.45, 7) is 1.03. The van der Waals surface area contributed by atoms with Gasteiger partial charge in [0.05, 0.1) is 19.3 Å². The van der Waals surface area contributed by atoms with Crippen molar-refractivity contribution in [2.45, 2.75) is 12.5 Å². The van der Waals surface area contributed by atoms with Crippen LogP contribution < -0.4 is 0 Å². The van der Waals surface area contributed by atoms with Gasteiger partial charge in [0.2, 0.25) is 0 Å². The van der Waals surface area contributed by atoms with Crippen molar-refractivity contribution in [1.82, 2.24) is 4.90 Å². The van der Waals surface area contributed by atoms with E-state index in [4.69, 9.17) is 4.74 Å². The molecule has 1 aliphatic heterocycles. The number of amides is 1. The minimum absolute atomic E-state index is 0.0842. The van der Waals surface area contributed by atoms with Crippen molar-refractivity contribution in [1.29, 1.82) is 0 Å². The molecule has 0 aliphatic carbocycles. The van der Waals surface area contributed by atoms with Gasteiger partial charge in [0.1, 0.15) is 0 Å². The summed E-state index contributed by atoms with van der Waals surface area (Å²) in [7, 11) is 0. The second-order valence-corrected chi connectivity index (χ2v) is 3.77. The zero-order valence-corrected chi connectivity index (χ0v) is 9.00. The van der Waals surface area contributed by atoms with Crippen molar-refractivity contribution in [3.8, 4) is 0 Å². The molecular weight excluding hydrogens is 206 g/mol. The maximum absolute atomic E-state index is 11.6. The zero-order valence-electron chi connectivity index (χ0n) is 9.00. The Kier molecular flexibility index (Phi) is 3.41. The van der Waals surface area contributed by atoms with Crippen LogP contribution in [0.15, 0.2) is 30.3 Å². The lowest BCUT2D eigenvalue weighted by Gasteiger charge is -2.33. The number of aliphatic hydroxyl groups is 1. The van der Waals surface area contributed by atoms with E-state index in [1.807, 2.05) is 30.3 Å². The van der Waals surface area contributed by atoms with Gasteiger partial charge in [-0.1, -0.05) is 30.3 Å². The number of hydrogen-bond acceptors (Lipinski definition) is 3. The number of rotatable bonds is 3. The molecule has 0 spiro atoms. The van der Waals surface area contributed by atoms with Gasteiger partial charge in [-0.05, 0) is 12.0 Å². The van der Waals surface area contributed by atoms with Gasteiger partial charge < -0.3 is 9.84 Å². The molecule has 1 heterocycles. The summed E-state index contributed by atoms with van der Waals surface area (Å²) in [6, 6.07) is 9.22. The average molecular weight is 221 g/mol. The van der Waals surface area contributed by atoms with Crippen molar-refractivity contribution in [2.75, 3.05) is 19.8 Å². The third-order valence-electron chi connectivity index (χ3n) is 2.74. The highest BCUT2D eigenvalue weighted by atomic mass is 16.6. The normalized spacial score (nSPS) is 18.1. The lowest BCUT2D eigenvalue weighted by Crippen LogP contribution is -2.41. The predicted octanol–water partition coefficient (Wildman–Crippen LogP) is 1.56. The van der Waals surface area contributed by atoms with E-state index < -0.39 is 0 Å². The van der Waals surface area contributed by atoms with Crippen molar-refractivity contribution in [2.24, 2.45) is 0 Å². The van der Waals surface area contributed by atoms with Gasteiger partial charge in [0, 0.05) is 6.54 Å². The molecule has 1 N–H and O–H groups in total. The summed E-state index contributed by atoms with van der Waals surface area (Å²) >= 11 is 0. The topological polar surface area (TPSA) is 49.8 Å². The quantitative estimate of drug-likeness (QED) is 0.842. The van der Waals surface area contributed by atoms with Crippen LogP contribution in [0.4, 0.5) is 4.79 Å². The van der Waals surface area contributed by atoms with Crippen LogP contribution in [0.3, 0.4) is 0 Å². The molecule has 16 heavy (non-hydrogen) atoms.